The molecule has 0 unspecified atom stereocenters. The van der Waals surface area contributed by atoms with Gasteiger partial charge in [-0.15, -0.1) is 0 Å². The molecule has 0 spiro atoms. The van der Waals surface area contributed by atoms with Crippen LogP contribution in [-0.4, -0.2) is 54.5 Å². The number of para-hydroxylation sites is 1. The quantitative estimate of drug-likeness (QED) is 0.662. The first kappa shape index (κ1) is 16.1. The molecule has 5 heteroatoms. The zero-order valence-electron chi connectivity index (χ0n) is 12.7. The van der Waals surface area contributed by atoms with Crippen molar-refractivity contribution in [3.63, 3.8) is 0 Å². The van der Waals surface area contributed by atoms with Gasteiger partial charge in [0.2, 0.25) is 0 Å². The SMILES string of the molecule is COc1cccc(CNCCCN2CCC(O)CC2)c1O. The summed E-state index contributed by atoms with van der Waals surface area (Å²) in [7, 11) is 1.56. The standard InChI is InChI=1S/C16H26N2O3/c1-21-15-5-2-4-13(16(15)20)12-17-8-3-9-18-10-6-14(19)7-11-18/h2,4-5,14,17,19-20H,3,6-12H2,1H3. The maximum Gasteiger partial charge on any atom is 0.162 e. The van der Waals surface area contributed by atoms with Crippen molar-refractivity contribution in [3.05, 3.63) is 23.8 Å². The predicted molar refractivity (Wildman–Crippen MR) is 82.7 cm³/mol. The Kier molecular flexibility index (Phi) is 6.29. The first-order valence-corrected chi connectivity index (χ1v) is 7.66. The molecule has 2 rings (SSSR count). The Bertz CT molecular complexity index is 432. The van der Waals surface area contributed by atoms with E-state index in [0.717, 1.165) is 51.0 Å². The van der Waals surface area contributed by atoms with Crippen LogP contribution in [0, 0.1) is 0 Å². The largest absolute Gasteiger partial charge is 0.504 e. The molecule has 3 N–H and O–H groups in total. The average Bonchev–Trinajstić information content (AvgIpc) is 2.50. The predicted octanol–water partition coefficient (Wildman–Crippen LogP) is 1.34. The first-order valence-electron chi connectivity index (χ1n) is 7.66. The van der Waals surface area contributed by atoms with Crippen LogP contribution in [0.1, 0.15) is 24.8 Å². The number of hydrogen-bond acceptors (Lipinski definition) is 5. The molecule has 0 amide bonds. The van der Waals surface area contributed by atoms with Crippen molar-refractivity contribution in [1.82, 2.24) is 10.2 Å². The number of benzene rings is 1. The van der Waals surface area contributed by atoms with Gasteiger partial charge in [0.25, 0.3) is 0 Å². The lowest BCUT2D eigenvalue weighted by molar-refractivity contribution is 0.0821. The molecule has 1 saturated heterocycles. The molecule has 0 aromatic heterocycles. The van der Waals surface area contributed by atoms with Gasteiger partial charge in [-0.1, -0.05) is 12.1 Å². The molecule has 1 heterocycles. The molecule has 0 atom stereocenters. The first-order chi connectivity index (χ1) is 10.2. The number of ether oxygens (including phenoxy) is 1. The van der Waals surface area contributed by atoms with Crippen molar-refractivity contribution in [3.8, 4) is 11.5 Å². The second-order valence-electron chi connectivity index (χ2n) is 5.57. The number of piperidine rings is 1. The van der Waals surface area contributed by atoms with E-state index >= 15 is 0 Å². The van der Waals surface area contributed by atoms with E-state index < -0.39 is 0 Å². The summed E-state index contributed by atoms with van der Waals surface area (Å²) >= 11 is 0. The van der Waals surface area contributed by atoms with E-state index in [1.54, 1.807) is 13.2 Å². The second kappa shape index (κ2) is 8.22. The molecule has 1 aliphatic heterocycles. The Labute approximate surface area is 126 Å². The van der Waals surface area contributed by atoms with Crippen LogP contribution in [0.2, 0.25) is 0 Å². The summed E-state index contributed by atoms with van der Waals surface area (Å²) in [5.41, 5.74) is 0.857. The number of likely N-dealkylation sites (tertiary alicyclic amines) is 1. The van der Waals surface area contributed by atoms with Crippen molar-refractivity contribution >= 4 is 0 Å². The molecule has 5 nitrogen and oxygen atoms in total. The van der Waals surface area contributed by atoms with Gasteiger partial charge in [-0.2, -0.15) is 0 Å². The number of nitrogens with one attached hydrogen (secondary N) is 1. The van der Waals surface area contributed by atoms with Crippen LogP contribution in [-0.2, 0) is 6.54 Å². The van der Waals surface area contributed by atoms with Crippen LogP contribution >= 0.6 is 0 Å². The van der Waals surface area contributed by atoms with E-state index in [0.29, 0.717) is 12.3 Å². The van der Waals surface area contributed by atoms with Crippen molar-refractivity contribution in [2.24, 2.45) is 0 Å². The maximum atomic E-state index is 9.98. The Balaban J connectivity index is 1.64. The summed E-state index contributed by atoms with van der Waals surface area (Å²) in [5.74, 6) is 0.735. The maximum absolute atomic E-state index is 9.98. The number of aliphatic hydroxyl groups excluding tert-OH is 1. The summed E-state index contributed by atoms with van der Waals surface area (Å²) in [6.07, 6.45) is 2.76. The highest BCUT2D eigenvalue weighted by Crippen LogP contribution is 2.28. The van der Waals surface area contributed by atoms with Crippen molar-refractivity contribution in [2.75, 3.05) is 33.3 Å². The van der Waals surface area contributed by atoms with Crippen LogP contribution < -0.4 is 10.1 Å². The van der Waals surface area contributed by atoms with Crippen LogP contribution in [0.25, 0.3) is 0 Å². The zero-order chi connectivity index (χ0) is 15.1. The van der Waals surface area contributed by atoms with Gasteiger partial charge in [-0.25, -0.2) is 0 Å². The van der Waals surface area contributed by atoms with E-state index in [1.165, 1.54) is 0 Å². The number of phenolic OH excluding ortho intramolecular Hbond substituents is 1. The van der Waals surface area contributed by atoms with Gasteiger partial charge < -0.3 is 25.2 Å². The summed E-state index contributed by atoms with van der Waals surface area (Å²) < 4.78 is 5.10. The number of rotatable bonds is 7. The van der Waals surface area contributed by atoms with Gasteiger partial charge >= 0.3 is 0 Å². The van der Waals surface area contributed by atoms with Gasteiger partial charge in [-0.05, 0) is 38.4 Å². The van der Waals surface area contributed by atoms with Crippen LogP contribution in [0.5, 0.6) is 11.5 Å². The number of hydrogen-bond donors (Lipinski definition) is 3. The topological polar surface area (TPSA) is 65.0 Å². The minimum atomic E-state index is -0.101. The smallest absolute Gasteiger partial charge is 0.162 e. The van der Waals surface area contributed by atoms with Crippen LogP contribution in [0.4, 0.5) is 0 Å². The summed E-state index contributed by atoms with van der Waals surface area (Å²) in [6.45, 7) is 4.61. The van der Waals surface area contributed by atoms with Gasteiger partial charge in [0, 0.05) is 25.2 Å². The highest BCUT2D eigenvalue weighted by atomic mass is 16.5. The Morgan fingerprint density at radius 1 is 1.33 bits per heavy atom. The summed E-state index contributed by atoms with van der Waals surface area (Å²) in [5, 5.41) is 22.8. The molecule has 1 aliphatic rings. The molecule has 0 bridgehead atoms. The Hall–Kier alpha value is -1.30. The fourth-order valence-electron chi connectivity index (χ4n) is 2.67. The van der Waals surface area contributed by atoms with Gasteiger partial charge in [-0.3, -0.25) is 0 Å². The third-order valence-corrected chi connectivity index (χ3v) is 4.00. The van der Waals surface area contributed by atoms with Gasteiger partial charge in [0.1, 0.15) is 0 Å². The van der Waals surface area contributed by atoms with E-state index in [9.17, 15) is 10.2 Å². The summed E-state index contributed by atoms with van der Waals surface area (Å²) in [6, 6.07) is 5.54. The van der Waals surface area contributed by atoms with Gasteiger partial charge in [0.15, 0.2) is 11.5 Å². The number of aromatic hydroxyl groups is 1. The summed E-state index contributed by atoms with van der Waals surface area (Å²) in [4.78, 5) is 2.40. The normalized spacial score (nSPS) is 17.0. The van der Waals surface area contributed by atoms with Crippen LogP contribution in [0.15, 0.2) is 18.2 Å². The Morgan fingerprint density at radius 3 is 2.81 bits per heavy atom. The molecule has 1 aromatic rings. The average molecular weight is 294 g/mol. The van der Waals surface area contributed by atoms with Crippen molar-refractivity contribution < 1.29 is 14.9 Å². The minimum Gasteiger partial charge on any atom is -0.504 e. The fourth-order valence-corrected chi connectivity index (χ4v) is 2.67. The van der Waals surface area contributed by atoms with Crippen LogP contribution in [0.3, 0.4) is 0 Å². The van der Waals surface area contributed by atoms with Crippen molar-refractivity contribution in [2.45, 2.75) is 31.9 Å². The van der Waals surface area contributed by atoms with E-state index in [2.05, 4.69) is 10.2 Å². The van der Waals surface area contributed by atoms with E-state index in [-0.39, 0.29) is 11.9 Å². The van der Waals surface area contributed by atoms with E-state index in [4.69, 9.17) is 4.74 Å². The van der Waals surface area contributed by atoms with Gasteiger partial charge in [0.05, 0.1) is 13.2 Å². The molecule has 21 heavy (non-hydrogen) atoms. The molecule has 0 saturated carbocycles. The third kappa shape index (κ3) is 4.88. The lowest BCUT2D eigenvalue weighted by Crippen LogP contribution is -2.37. The second-order valence-corrected chi connectivity index (χ2v) is 5.57. The molecular formula is C16H26N2O3. The minimum absolute atomic E-state index is 0.101. The van der Waals surface area contributed by atoms with E-state index in [1.807, 2.05) is 12.1 Å². The Morgan fingerprint density at radius 2 is 2.10 bits per heavy atom. The zero-order valence-corrected chi connectivity index (χ0v) is 12.7. The monoisotopic (exact) mass is 294 g/mol. The molecular weight excluding hydrogens is 268 g/mol. The molecule has 0 aliphatic carbocycles. The molecule has 1 aromatic carbocycles. The lowest BCUT2D eigenvalue weighted by Gasteiger charge is -2.29. The molecule has 1 fully saturated rings. The van der Waals surface area contributed by atoms with Crippen molar-refractivity contribution in [1.29, 1.82) is 0 Å². The highest BCUT2D eigenvalue weighted by molar-refractivity contribution is 5.45. The third-order valence-electron chi connectivity index (χ3n) is 4.00. The number of phenols is 1. The number of nitrogens with zero attached hydrogens (tertiary/aromatic N) is 1. The highest BCUT2D eigenvalue weighted by Gasteiger charge is 2.15. The lowest BCUT2D eigenvalue weighted by atomic mass is 10.1. The number of aliphatic hydroxyl groups is 1. The fraction of sp³-hybridized carbons (Fsp3) is 0.625. The molecule has 0 radical (unpaired) electrons. The molecule has 118 valence electrons. The number of methoxy groups -OCH3 is 1.